The first-order chi connectivity index (χ1) is 14.7. The summed E-state index contributed by atoms with van der Waals surface area (Å²) in [4.78, 5) is 24.7. The molecular formula is C17H15Cl2N5O5S2. The molecule has 3 aromatic rings. The average molecular weight is 504 g/mol. The number of Topliss-reactive ketones (excluding diaryl/α,β-unsaturated/α-hetero) is 1. The number of carboxylic acid groups (broad SMARTS) is 1. The summed E-state index contributed by atoms with van der Waals surface area (Å²) >= 11 is 13.2. The SMILES string of the molecule is O=C(O)CC(NS(=O)(=O)c1cccs1)C(=O)Cn1nnc(Cc2c(Cl)cccc2Cl)n1. The summed E-state index contributed by atoms with van der Waals surface area (Å²) in [6.45, 7) is -0.478. The molecule has 14 heteroatoms. The van der Waals surface area contributed by atoms with E-state index in [1.807, 2.05) is 0 Å². The zero-order valence-corrected chi connectivity index (χ0v) is 18.7. The molecule has 0 aliphatic carbocycles. The van der Waals surface area contributed by atoms with Gasteiger partial charge in [-0.25, -0.2) is 8.42 Å². The van der Waals surface area contributed by atoms with Crippen molar-refractivity contribution in [2.24, 2.45) is 0 Å². The van der Waals surface area contributed by atoms with Gasteiger partial charge in [-0.2, -0.15) is 9.52 Å². The van der Waals surface area contributed by atoms with Crippen molar-refractivity contribution in [3.05, 3.63) is 57.1 Å². The van der Waals surface area contributed by atoms with Crippen LogP contribution < -0.4 is 4.72 Å². The Bertz CT molecular complexity index is 1180. The third-order valence-electron chi connectivity index (χ3n) is 4.01. The molecule has 0 bridgehead atoms. The van der Waals surface area contributed by atoms with E-state index in [2.05, 4.69) is 20.1 Å². The summed E-state index contributed by atoms with van der Waals surface area (Å²) in [5.41, 5.74) is 0.587. The fraction of sp³-hybridized carbons (Fsp3) is 0.235. The molecular weight excluding hydrogens is 489 g/mol. The van der Waals surface area contributed by atoms with E-state index in [4.69, 9.17) is 28.3 Å². The lowest BCUT2D eigenvalue weighted by Gasteiger charge is -2.15. The third kappa shape index (κ3) is 6.08. The van der Waals surface area contributed by atoms with Gasteiger partial charge in [-0.15, -0.1) is 21.5 Å². The molecule has 0 amide bonds. The van der Waals surface area contributed by atoms with Crippen LogP contribution in [0.25, 0.3) is 0 Å². The molecule has 10 nitrogen and oxygen atoms in total. The normalized spacial score (nSPS) is 12.6. The number of hydrogen-bond acceptors (Lipinski definition) is 8. The van der Waals surface area contributed by atoms with Crippen LogP contribution in [0.1, 0.15) is 17.8 Å². The molecule has 0 spiro atoms. The lowest BCUT2D eigenvalue weighted by atomic mass is 10.1. The fourth-order valence-electron chi connectivity index (χ4n) is 2.58. The van der Waals surface area contributed by atoms with Crippen LogP contribution in [0.2, 0.25) is 10.0 Å². The number of sulfonamides is 1. The maximum absolute atomic E-state index is 12.6. The number of hydrogen-bond donors (Lipinski definition) is 2. The molecule has 2 aromatic heterocycles. The maximum Gasteiger partial charge on any atom is 0.305 e. The van der Waals surface area contributed by atoms with E-state index in [1.54, 1.807) is 23.6 Å². The lowest BCUT2D eigenvalue weighted by Crippen LogP contribution is -2.43. The van der Waals surface area contributed by atoms with E-state index in [-0.39, 0.29) is 16.5 Å². The van der Waals surface area contributed by atoms with Crippen molar-refractivity contribution in [1.82, 2.24) is 24.9 Å². The number of carbonyl (C=O) groups excluding carboxylic acids is 1. The minimum atomic E-state index is -4.05. The number of carboxylic acids is 1. The third-order valence-corrected chi connectivity index (χ3v) is 7.59. The molecule has 1 atom stereocenters. The molecule has 0 saturated carbocycles. The summed E-state index contributed by atoms with van der Waals surface area (Å²) in [6, 6.07) is 6.38. The van der Waals surface area contributed by atoms with Crippen molar-refractivity contribution in [3.8, 4) is 0 Å². The van der Waals surface area contributed by atoms with Crippen LogP contribution in [0.4, 0.5) is 0 Å². The van der Waals surface area contributed by atoms with Gasteiger partial charge in [0.1, 0.15) is 10.8 Å². The summed E-state index contributed by atoms with van der Waals surface area (Å²) in [6.07, 6.45) is -0.573. The number of ketones is 1. The van der Waals surface area contributed by atoms with Crippen LogP contribution in [-0.4, -0.2) is 51.5 Å². The number of rotatable bonds is 10. The Hall–Kier alpha value is -2.38. The number of thiophene rings is 1. The highest BCUT2D eigenvalue weighted by Crippen LogP contribution is 2.25. The summed E-state index contributed by atoms with van der Waals surface area (Å²) < 4.78 is 26.9. The van der Waals surface area contributed by atoms with Crippen molar-refractivity contribution >= 4 is 56.3 Å². The Morgan fingerprint density at radius 3 is 2.52 bits per heavy atom. The van der Waals surface area contributed by atoms with Gasteiger partial charge in [-0.1, -0.05) is 35.3 Å². The molecule has 164 valence electrons. The lowest BCUT2D eigenvalue weighted by molar-refractivity contribution is -0.139. The number of halogens is 2. The van der Waals surface area contributed by atoms with Crippen molar-refractivity contribution < 1.29 is 23.1 Å². The Balaban J connectivity index is 1.73. The van der Waals surface area contributed by atoms with E-state index in [9.17, 15) is 18.0 Å². The monoisotopic (exact) mass is 503 g/mol. The van der Waals surface area contributed by atoms with Gasteiger partial charge >= 0.3 is 5.97 Å². The van der Waals surface area contributed by atoms with Gasteiger partial charge in [0, 0.05) is 16.5 Å². The minimum absolute atomic E-state index is 0.0338. The van der Waals surface area contributed by atoms with E-state index >= 15 is 0 Å². The molecule has 2 heterocycles. The number of benzene rings is 1. The predicted molar refractivity (Wildman–Crippen MR) is 113 cm³/mol. The van der Waals surface area contributed by atoms with Gasteiger partial charge in [0.05, 0.1) is 12.5 Å². The predicted octanol–water partition coefficient (Wildman–Crippen LogP) is 2.02. The minimum Gasteiger partial charge on any atom is -0.481 e. The highest BCUT2D eigenvalue weighted by Gasteiger charge is 2.29. The smallest absolute Gasteiger partial charge is 0.305 e. The summed E-state index contributed by atoms with van der Waals surface area (Å²) in [5, 5.41) is 23.2. The van der Waals surface area contributed by atoms with E-state index in [1.165, 1.54) is 12.1 Å². The van der Waals surface area contributed by atoms with Crippen LogP contribution in [0, 0.1) is 0 Å². The van der Waals surface area contributed by atoms with Gasteiger partial charge in [-0.3, -0.25) is 9.59 Å². The number of aliphatic carboxylic acids is 1. The highest BCUT2D eigenvalue weighted by atomic mass is 35.5. The molecule has 0 aliphatic heterocycles. The molecule has 0 aliphatic rings. The molecule has 1 aromatic carbocycles. The number of nitrogens with zero attached hydrogens (tertiary/aromatic N) is 4. The van der Waals surface area contributed by atoms with Gasteiger partial charge in [0.25, 0.3) is 10.0 Å². The standard InChI is InChI=1S/C17H15Cl2N5O5S2/c18-11-3-1-4-12(19)10(11)7-15-20-23-24(21-15)9-14(25)13(8-16(26)27)22-31(28,29)17-5-2-6-30-17/h1-6,13,22H,7-9H2,(H,26,27). The number of carbonyl (C=O) groups is 2. The molecule has 0 fully saturated rings. The fourth-order valence-corrected chi connectivity index (χ4v) is 5.34. The van der Waals surface area contributed by atoms with Gasteiger partial charge in [0.2, 0.25) is 0 Å². The average Bonchev–Trinajstić information content (AvgIpc) is 3.36. The summed E-state index contributed by atoms with van der Waals surface area (Å²) in [5.74, 6) is -1.84. The van der Waals surface area contributed by atoms with E-state index < -0.39 is 40.8 Å². The zero-order chi connectivity index (χ0) is 22.6. The topological polar surface area (TPSA) is 144 Å². The first-order valence-electron chi connectivity index (χ1n) is 8.65. The molecule has 1 unspecified atom stereocenters. The maximum atomic E-state index is 12.6. The van der Waals surface area contributed by atoms with E-state index in [0.29, 0.717) is 15.6 Å². The largest absolute Gasteiger partial charge is 0.481 e. The Morgan fingerprint density at radius 2 is 1.90 bits per heavy atom. The van der Waals surface area contributed by atoms with Crippen LogP contribution in [0.3, 0.4) is 0 Å². The van der Waals surface area contributed by atoms with Crippen LogP contribution in [-0.2, 0) is 32.6 Å². The second kappa shape index (κ2) is 9.83. The zero-order valence-electron chi connectivity index (χ0n) is 15.6. The van der Waals surface area contributed by atoms with Gasteiger partial charge in [-0.05, 0) is 34.4 Å². The molecule has 31 heavy (non-hydrogen) atoms. The Kier molecular flexibility index (Phi) is 7.38. The first-order valence-corrected chi connectivity index (χ1v) is 11.8. The number of aromatic nitrogens is 4. The molecule has 0 saturated heterocycles. The first kappa shape index (κ1) is 23.3. The second-order valence-electron chi connectivity index (χ2n) is 6.28. The highest BCUT2D eigenvalue weighted by molar-refractivity contribution is 7.91. The van der Waals surface area contributed by atoms with Crippen molar-refractivity contribution in [2.45, 2.75) is 29.6 Å². The molecule has 3 rings (SSSR count). The van der Waals surface area contributed by atoms with Crippen LogP contribution in [0.15, 0.2) is 39.9 Å². The molecule has 2 N–H and O–H groups in total. The second-order valence-corrected chi connectivity index (χ2v) is 9.99. The Labute approximate surface area is 190 Å². The molecule has 0 radical (unpaired) electrons. The van der Waals surface area contributed by atoms with Crippen molar-refractivity contribution in [1.29, 1.82) is 0 Å². The van der Waals surface area contributed by atoms with Crippen LogP contribution in [0.5, 0.6) is 0 Å². The quantitative estimate of drug-likeness (QED) is 0.427. The van der Waals surface area contributed by atoms with Crippen molar-refractivity contribution in [3.63, 3.8) is 0 Å². The summed E-state index contributed by atoms with van der Waals surface area (Å²) in [7, 11) is -4.05. The van der Waals surface area contributed by atoms with Crippen molar-refractivity contribution in [2.75, 3.05) is 0 Å². The van der Waals surface area contributed by atoms with Gasteiger partial charge < -0.3 is 5.11 Å². The van der Waals surface area contributed by atoms with Gasteiger partial charge in [0.15, 0.2) is 11.6 Å². The number of tetrazole rings is 1. The Morgan fingerprint density at radius 1 is 1.19 bits per heavy atom. The van der Waals surface area contributed by atoms with E-state index in [0.717, 1.165) is 16.1 Å². The number of nitrogens with one attached hydrogen (secondary N) is 1. The van der Waals surface area contributed by atoms with Crippen LogP contribution >= 0.6 is 34.5 Å².